The fourth-order valence-corrected chi connectivity index (χ4v) is 2.53. The molecule has 1 heterocycles. The average Bonchev–Trinajstić information content (AvgIpc) is 2.42. The second-order valence-corrected chi connectivity index (χ2v) is 5.35. The summed E-state index contributed by atoms with van der Waals surface area (Å²) in [5.41, 5.74) is 3.32. The van der Waals surface area contributed by atoms with Crippen LogP contribution in [0, 0.1) is 6.92 Å². The van der Waals surface area contributed by atoms with E-state index >= 15 is 0 Å². The van der Waals surface area contributed by atoms with Crippen LogP contribution in [0.5, 0.6) is 0 Å². The van der Waals surface area contributed by atoms with Crippen LogP contribution in [0.1, 0.15) is 44.6 Å². The van der Waals surface area contributed by atoms with Gasteiger partial charge < -0.3 is 10.2 Å². The summed E-state index contributed by atoms with van der Waals surface area (Å²) in [7, 11) is 0. The highest BCUT2D eigenvalue weighted by atomic mass is 16.1. The van der Waals surface area contributed by atoms with Crippen molar-refractivity contribution in [3.8, 4) is 0 Å². The second-order valence-electron chi connectivity index (χ2n) is 5.35. The molecule has 1 N–H and O–H groups in total. The number of piperidine rings is 1. The van der Waals surface area contributed by atoms with E-state index in [1.807, 2.05) is 13.8 Å². The van der Waals surface area contributed by atoms with Crippen LogP contribution in [0.15, 0.2) is 18.2 Å². The van der Waals surface area contributed by atoms with E-state index in [9.17, 15) is 4.79 Å². The van der Waals surface area contributed by atoms with Crippen molar-refractivity contribution in [1.82, 2.24) is 0 Å². The summed E-state index contributed by atoms with van der Waals surface area (Å²) >= 11 is 0. The molecule has 104 valence electrons. The summed E-state index contributed by atoms with van der Waals surface area (Å²) in [6.45, 7) is 6.33. The first-order valence-electron chi connectivity index (χ1n) is 7.36. The molecule has 2 rings (SSSR count). The first-order valence-corrected chi connectivity index (χ1v) is 7.36. The van der Waals surface area contributed by atoms with E-state index in [0.29, 0.717) is 6.42 Å². The van der Waals surface area contributed by atoms with Crippen molar-refractivity contribution < 1.29 is 4.79 Å². The van der Waals surface area contributed by atoms with Crippen LogP contribution in [0.3, 0.4) is 0 Å². The maximum atomic E-state index is 11.7. The SMILES string of the molecule is CCCC(=O)Nc1cc(N2CCCCC2)ccc1C. The van der Waals surface area contributed by atoms with Gasteiger partial charge in [0.15, 0.2) is 0 Å². The van der Waals surface area contributed by atoms with Gasteiger partial charge in [0.2, 0.25) is 5.91 Å². The van der Waals surface area contributed by atoms with E-state index in [2.05, 4.69) is 28.4 Å². The fraction of sp³-hybridized carbons (Fsp3) is 0.562. The predicted octanol–water partition coefficient (Wildman–Crippen LogP) is 3.72. The minimum atomic E-state index is 0.112. The lowest BCUT2D eigenvalue weighted by Crippen LogP contribution is -2.29. The molecular weight excluding hydrogens is 236 g/mol. The number of anilines is 2. The number of carbonyl (C=O) groups is 1. The number of aryl methyl sites for hydroxylation is 1. The van der Waals surface area contributed by atoms with Crippen molar-refractivity contribution in [2.75, 3.05) is 23.3 Å². The second kappa shape index (κ2) is 6.60. The van der Waals surface area contributed by atoms with Gasteiger partial charge in [0, 0.05) is 30.9 Å². The van der Waals surface area contributed by atoms with Gasteiger partial charge in [-0.25, -0.2) is 0 Å². The Bertz CT molecular complexity index is 436. The molecule has 1 aliphatic heterocycles. The Morgan fingerprint density at radius 3 is 2.68 bits per heavy atom. The number of amides is 1. The number of hydrogen-bond donors (Lipinski definition) is 1. The highest BCUT2D eigenvalue weighted by Crippen LogP contribution is 2.26. The molecule has 0 aromatic heterocycles. The zero-order chi connectivity index (χ0) is 13.7. The molecule has 1 aliphatic rings. The molecule has 0 spiro atoms. The molecule has 3 heteroatoms. The minimum absolute atomic E-state index is 0.112. The van der Waals surface area contributed by atoms with Gasteiger partial charge in [-0.05, 0) is 50.3 Å². The lowest BCUT2D eigenvalue weighted by molar-refractivity contribution is -0.116. The Labute approximate surface area is 116 Å². The van der Waals surface area contributed by atoms with E-state index in [-0.39, 0.29) is 5.91 Å². The van der Waals surface area contributed by atoms with Crippen molar-refractivity contribution >= 4 is 17.3 Å². The standard InChI is InChI=1S/C16H24N2O/c1-3-7-16(19)17-15-12-14(9-8-13(15)2)18-10-5-4-6-11-18/h8-9,12H,3-7,10-11H2,1-2H3,(H,17,19). The molecule has 0 radical (unpaired) electrons. The van der Waals surface area contributed by atoms with E-state index < -0.39 is 0 Å². The molecule has 1 amide bonds. The maximum absolute atomic E-state index is 11.7. The predicted molar refractivity (Wildman–Crippen MR) is 80.8 cm³/mol. The molecule has 0 aliphatic carbocycles. The first kappa shape index (κ1) is 13.9. The Balaban J connectivity index is 2.11. The van der Waals surface area contributed by atoms with Gasteiger partial charge in [-0.1, -0.05) is 13.0 Å². The molecule has 19 heavy (non-hydrogen) atoms. The Hall–Kier alpha value is -1.51. The van der Waals surface area contributed by atoms with Crippen LogP contribution in [0.4, 0.5) is 11.4 Å². The Kier molecular flexibility index (Phi) is 4.83. The highest BCUT2D eigenvalue weighted by molar-refractivity contribution is 5.92. The fourth-order valence-electron chi connectivity index (χ4n) is 2.53. The van der Waals surface area contributed by atoms with Gasteiger partial charge in [0.25, 0.3) is 0 Å². The van der Waals surface area contributed by atoms with Crippen molar-refractivity contribution in [2.24, 2.45) is 0 Å². The molecule has 0 unspecified atom stereocenters. The number of rotatable bonds is 4. The van der Waals surface area contributed by atoms with Gasteiger partial charge in [-0.15, -0.1) is 0 Å². The summed E-state index contributed by atoms with van der Waals surface area (Å²) in [5.74, 6) is 0.112. The van der Waals surface area contributed by atoms with E-state index in [1.165, 1.54) is 24.9 Å². The lowest BCUT2D eigenvalue weighted by Gasteiger charge is -2.29. The van der Waals surface area contributed by atoms with Gasteiger partial charge in [-0.2, -0.15) is 0 Å². The normalized spacial score (nSPS) is 15.4. The largest absolute Gasteiger partial charge is 0.371 e. The van der Waals surface area contributed by atoms with E-state index in [1.54, 1.807) is 0 Å². The average molecular weight is 260 g/mol. The Morgan fingerprint density at radius 1 is 1.26 bits per heavy atom. The van der Waals surface area contributed by atoms with Crippen molar-refractivity contribution in [3.63, 3.8) is 0 Å². The monoisotopic (exact) mass is 260 g/mol. The first-order chi connectivity index (χ1) is 9.20. The molecule has 0 saturated carbocycles. The number of benzene rings is 1. The molecule has 0 atom stereocenters. The van der Waals surface area contributed by atoms with Crippen LogP contribution in [0.2, 0.25) is 0 Å². The van der Waals surface area contributed by atoms with Gasteiger partial charge in [0.1, 0.15) is 0 Å². The zero-order valence-corrected chi connectivity index (χ0v) is 12.0. The molecular formula is C16H24N2O. The summed E-state index contributed by atoms with van der Waals surface area (Å²) < 4.78 is 0. The third kappa shape index (κ3) is 3.72. The topological polar surface area (TPSA) is 32.3 Å². The summed E-state index contributed by atoms with van der Waals surface area (Å²) in [5, 5.41) is 3.03. The quantitative estimate of drug-likeness (QED) is 0.894. The summed E-state index contributed by atoms with van der Waals surface area (Å²) in [4.78, 5) is 14.1. The number of nitrogens with zero attached hydrogens (tertiary/aromatic N) is 1. The molecule has 3 nitrogen and oxygen atoms in total. The minimum Gasteiger partial charge on any atom is -0.371 e. The molecule has 1 aromatic rings. The molecule has 1 aromatic carbocycles. The summed E-state index contributed by atoms with van der Waals surface area (Å²) in [6.07, 6.45) is 5.35. The molecule has 1 fully saturated rings. The van der Waals surface area contributed by atoms with Crippen LogP contribution in [0.25, 0.3) is 0 Å². The highest BCUT2D eigenvalue weighted by Gasteiger charge is 2.12. The molecule has 0 bridgehead atoms. The number of hydrogen-bond acceptors (Lipinski definition) is 2. The zero-order valence-electron chi connectivity index (χ0n) is 12.0. The van der Waals surface area contributed by atoms with E-state index in [4.69, 9.17) is 0 Å². The summed E-state index contributed by atoms with van der Waals surface area (Å²) in [6, 6.07) is 6.38. The van der Waals surface area contributed by atoms with Crippen molar-refractivity contribution in [1.29, 1.82) is 0 Å². The van der Waals surface area contributed by atoms with Gasteiger partial charge in [0.05, 0.1) is 0 Å². The number of nitrogens with one attached hydrogen (secondary N) is 1. The lowest BCUT2D eigenvalue weighted by atomic mass is 10.1. The Morgan fingerprint density at radius 2 is 2.00 bits per heavy atom. The number of carbonyl (C=O) groups excluding carboxylic acids is 1. The van der Waals surface area contributed by atoms with Gasteiger partial charge in [-0.3, -0.25) is 4.79 Å². The van der Waals surface area contributed by atoms with Gasteiger partial charge >= 0.3 is 0 Å². The smallest absolute Gasteiger partial charge is 0.224 e. The van der Waals surface area contributed by atoms with E-state index in [0.717, 1.165) is 30.8 Å². The molecule has 1 saturated heterocycles. The van der Waals surface area contributed by atoms with Crippen molar-refractivity contribution in [2.45, 2.75) is 46.0 Å². The van der Waals surface area contributed by atoms with Crippen molar-refractivity contribution in [3.05, 3.63) is 23.8 Å². The van der Waals surface area contributed by atoms with Crippen LogP contribution in [-0.4, -0.2) is 19.0 Å². The maximum Gasteiger partial charge on any atom is 0.224 e. The van der Waals surface area contributed by atoms with Crippen LogP contribution >= 0.6 is 0 Å². The van der Waals surface area contributed by atoms with Crippen LogP contribution in [-0.2, 0) is 4.79 Å². The third-order valence-electron chi connectivity index (χ3n) is 3.69. The van der Waals surface area contributed by atoms with Crippen LogP contribution < -0.4 is 10.2 Å². The third-order valence-corrected chi connectivity index (χ3v) is 3.69.